The molecular weight excluding hydrogens is 376 g/mol. The van der Waals surface area contributed by atoms with E-state index >= 15 is 0 Å². The predicted molar refractivity (Wildman–Crippen MR) is 80.7 cm³/mol. The number of carbonyl (C=O) groups is 1. The Morgan fingerprint density at radius 3 is 2.79 bits per heavy atom. The lowest BCUT2D eigenvalue weighted by Gasteiger charge is -2.07. The first-order valence-electron chi connectivity index (χ1n) is 5.49. The number of H-pyrrole nitrogens is 1. The van der Waals surface area contributed by atoms with E-state index in [0.29, 0.717) is 10.9 Å². The Hall–Kier alpha value is -1.40. The normalized spacial score (nSPS) is 11.3. The molecule has 0 atom stereocenters. The van der Waals surface area contributed by atoms with Crippen molar-refractivity contribution in [3.8, 4) is 0 Å². The number of aryl methyl sites for hydroxylation is 1. The van der Waals surface area contributed by atoms with Crippen LogP contribution in [0.4, 0.5) is 0 Å². The fraction of sp³-hybridized carbons (Fsp3) is 0.0769. The lowest BCUT2D eigenvalue weighted by molar-refractivity contribution is 0.0693. The molecule has 0 spiro atoms. The molecule has 0 aliphatic rings. The average Bonchev–Trinajstić information content (AvgIpc) is 2.75. The summed E-state index contributed by atoms with van der Waals surface area (Å²) < 4.78 is 1.59. The summed E-state index contributed by atoms with van der Waals surface area (Å²) in [7, 11) is 0. The highest BCUT2D eigenvalue weighted by Gasteiger charge is 2.18. The highest BCUT2D eigenvalue weighted by Crippen LogP contribution is 2.35. The minimum absolute atomic E-state index is 0.0695. The van der Waals surface area contributed by atoms with Gasteiger partial charge in [-0.1, -0.05) is 0 Å². The van der Waals surface area contributed by atoms with E-state index < -0.39 is 5.97 Å². The van der Waals surface area contributed by atoms with Gasteiger partial charge in [-0.3, -0.25) is 0 Å². The first-order chi connectivity index (χ1) is 9.00. The zero-order chi connectivity index (χ0) is 13.7. The van der Waals surface area contributed by atoms with E-state index in [4.69, 9.17) is 0 Å². The van der Waals surface area contributed by atoms with E-state index in [1.165, 1.54) is 0 Å². The van der Waals surface area contributed by atoms with Crippen LogP contribution in [0.2, 0.25) is 0 Å². The van der Waals surface area contributed by atoms with Crippen molar-refractivity contribution in [2.75, 3.05) is 0 Å². The van der Waals surface area contributed by atoms with Crippen molar-refractivity contribution < 1.29 is 9.90 Å². The van der Waals surface area contributed by atoms with Crippen molar-refractivity contribution in [2.24, 2.45) is 0 Å². The summed E-state index contributed by atoms with van der Waals surface area (Å²) in [6, 6.07) is 3.82. The van der Waals surface area contributed by atoms with Crippen LogP contribution in [0.3, 0.4) is 0 Å². The molecule has 0 amide bonds. The van der Waals surface area contributed by atoms with E-state index in [1.807, 2.05) is 19.1 Å². The molecule has 4 nitrogen and oxygen atoms in total. The van der Waals surface area contributed by atoms with Crippen LogP contribution in [-0.2, 0) is 0 Å². The fourth-order valence-corrected chi connectivity index (χ4v) is 2.97. The number of benzene rings is 1. The van der Waals surface area contributed by atoms with Gasteiger partial charge < -0.3 is 10.1 Å². The number of nitrogens with zero attached hydrogens (tertiary/aromatic N) is 1. The number of hydrogen-bond acceptors (Lipinski definition) is 2. The smallest absolute Gasteiger partial charge is 0.355 e. The van der Waals surface area contributed by atoms with E-state index in [9.17, 15) is 9.90 Å². The van der Waals surface area contributed by atoms with Crippen LogP contribution >= 0.6 is 31.9 Å². The lowest BCUT2D eigenvalue weighted by Crippen LogP contribution is -2.02. The molecule has 3 rings (SSSR count). The van der Waals surface area contributed by atoms with Crippen molar-refractivity contribution in [3.05, 3.63) is 38.5 Å². The van der Waals surface area contributed by atoms with Gasteiger partial charge in [-0.25, -0.2) is 9.78 Å². The minimum Gasteiger partial charge on any atom is -0.476 e. The first-order valence-corrected chi connectivity index (χ1v) is 7.08. The van der Waals surface area contributed by atoms with Gasteiger partial charge in [0.1, 0.15) is 0 Å². The Bertz CT molecular complexity index is 840. The summed E-state index contributed by atoms with van der Waals surface area (Å²) in [6.07, 6.45) is 1.80. The number of nitrogens with one attached hydrogen (secondary N) is 1. The van der Waals surface area contributed by atoms with Crippen LogP contribution in [0, 0.1) is 6.92 Å². The molecular formula is C13H8Br2N2O2. The zero-order valence-corrected chi connectivity index (χ0v) is 13.0. The summed E-state index contributed by atoms with van der Waals surface area (Å²) >= 11 is 6.84. The van der Waals surface area contributed by atoms with Crippen LogP contribution in [-0.4, -0.2) is 21.0 Å². The summed E-state index contributed by atoms with van der Waals surface area (Å²) in [5.74, 6) is -1.03. The summed E-state index contributed by atoms with van der Waals surface area (Å²) in [5, 5.41) is 10.9. The number of carboxylic acid groups (broad SMARTS) is 1. The molecule has 0 unspecified atom stereocenters. The van der Waals surface area contributed by atoms with Crippen LogP contribution in [0.15, 0.2) is 27.3 Å². The molecule has 0 fully saturated rings. The average molecular weight is 384 g/mol. The van der Waals surface area contributed by atoms with Gasteiger partial charge in [-0.15, -0.1) is 0 Å². The standard InChI is InChI=1S/C13H8Br2N2O2/c1-5-4-16-10-6-2-3-7(14)9(15)11(6)17-12(8(5)10)13(18)19/h2-4,16H,1H3,(H,18,19). The molecule has 2 N–H and O–H groups in total. The van der Waals surface area contributed by atoms with E-state index in [2.05, 4.69) is 41.8 Å². The van der Waals surface area contributed by atoms with Gasteiger partial charge in [0.25, 0.3) is 0 Å². The zero-order valence-electron chi connectivity index (χ0n) is 9.79. The SMILES string of the molecule is Cc1c[nH]c2c1c(C(=O)O)nc1c(Br)c(Br)ccc12. The molecule has 0 bridgehead atoms. The highest BCUT2D eigenvalue weighted by atomic mass is 79.9. The molecule has 2 aromatic heterocycles. The number of pyridine rings is 1. The number of halogens is 2. The Balaban J connectivity index is 2.62. The van der Waals surface area contributed by atoms with Gasteiger partial charge >= 0.3 is 5.97 Å². The Labute approximate surface area is 125 Å². The highest BCUT2D eigenvalue weighted by molar-refractivity contribution is 9.13. The Kier molecular flexibility index (Phi) is 2.87. The summed E-state index contributed by atoms with van der Waals surface area (Å²) in [4.78, 5) is 18.8. The molecule has 0 aliphatic carbocycles. The van der Waals surface area contributed by atoms with Gasteiger partial charge in [-0.2, -0.15) is 0 Å². The maximum atomic E-state index is 11.4. The van der Waals surface area contributed by atoms with Crippen LogP contribution in [0.5, 0.6) is 0 Å². The van der Waals surface area contributed by atoms with Crippen LogP contribution in [0.25, 0.3) is 21.8 Å². The Morgan fingerprint density at radius 2 is 2.11 bits per heavy atom. The lowest BCUT2D eigenvalue weighted by atomic mass is 10.1. The molecule has 6 heteroatoms. The maximum absolute atomic E-state index is 11.4. The van der Waals surface area contributed by atoms with Crippen molar-refractivity contribution in [3.63, 3.8) is 0 Å². The van der Waals surface area contributed by atoms with E-state index in [1.54, 1.807) is 6.20 Å². The van der Waals surface area contributed by atoms with Gasteiger partial charge in [0.05, 0.1) is 15.5 Å². The van der Waals surface area contributed by atoms with Gasteiger partial charge in [0.15, 0.2) is 5.69 Å². The largest absolute Gasteiger partial charge is 0.476 e. The molecule has 1 aromatic carbocycles. The summed E-state index contributed by atoms with van der Waals surface area (Å²) in [5.41, 5.74) is 2.37. The number of fused-ring (bicyclic) bond motifs is 3. The molecule has 0 radical (unpaired) electrons. The second kappa shape index (κ2) is 4.31. The molecule has 19 heavy (non-hydrogen) atoms. The second-order valence-corrected chi connectivity index (χ2v) is 5.89. The van der Waals surface area contributed by atoms with Gasteiger partial charge in [0, 0.05) is 21.4 Å². The molecule has 2 heterocycles. The quantitative estimate of drug-likeness (QED) is 0.660. The van der Waals surface area contributed by atoms with Gasteiger partial charge in [-0.05, 0) is 56.5 Å². The van der Waals surface area contributed by atoms with E-state index in [0.717, 1.165) is 25.4 Å². The van der Waals surface area contributed by atoms with Crippen molar-refractivity contribution in [1.82, 2.24) is 9.97 Å². The van der Waals surface area contributed by atoms with Crippen LogP contribution < -0.4 is 0 Å². The minimum atomic E-state index is -1.03. The number of aromatic carboxylic acids is 1. The maximum Gasteiger partial charge on any atom is 0.355 e. The number of hydrogen-bond donors (Lipinski definition) is 2. The molecule has 0 saturated carbocycles. The van der Waals surface area contributed by atoms with Gasteiger partial charge in [0.2, 0.25) is 0 Å². The number of rotatable bonds is 1. The molecule has 3 aromatic rings. The van der Waals surface area contributed by atoms with Crippen molar-refractivity contribution in [1.29, 1.82) is 0 Å². The van der Waals surface area contributed by atoms with Crippen molar-refractivity contribution in [2.45, 2.75) is 6.92 Å². The number of aromatic nitrogens is 2. The molecule has 96 valence electrons. The molecule has 0 aliphatic heterocycles. The third-order valence-corrected chi connectivity index (χ3v) is 5.07. The first kappa shape index (κ1) is 12.6. The Morgan fingerprint density at radius 1 is 1.37 bits per heavy atom. The topological polar surface area (TPSA) is 66.0 Å². The number of aromatic amines is 1. The molecule has 0 saturated heterocycles. The second-order valence-electron chi connectivity index (χ2n) is 4.24. The number of carboxylic acids is 1. The van der Waals surface area contributed by atoms with Crippen molar-refractivity contribution >= 4 is 59.6 Å². The predicted octanol–water partition coefficient (Wildman–Crippen LogP) is 4.25. The third kappa shape index (κ3) is 1.78. The van der Waals surface area contributed by atoms with E-state index in [-0.39, 0.29) is 5.69 Å². The monoisotopic (exact) mass is 382 g/mol. The summed E-state index contributed by atoms with van der Waals surface area (Å²) in [6.45, 7) is 1.87. The fourth-order valence-electron chi connectivity index (χ4n) is 2.21. The van der Waals surface area contributed by atoms with Crippen LogP contribution in [0.1, 0.15) is 16.1 Å². The third-order valence-electron chi connectivity index (χ3n) is 3.08.